The van der Waals surface area contributed by atoms with Crippen molar-refractivity contribution in [3.63, 3.8) is 0 Å². The third-order valence-corrected chi connectivity index (χ3v) is 3.90. The van der Waals surface area contributed by atoms with E-state index in [0.717, 1.165) is 12.8 Å². The summed E-state index contributed by atoms with van der Waals surface area (Å²) in [6.45, 7) is 10.3. The number of hydrogen-bond donors (Lipinski definition) is 1. The maximum absolute atomic E-state index is 12.5. The van der Waals surface area contributed by atoms with Crippen LogP contribution in [-0.2, 0) is 14.3 Å². The Balaban J connectivity index is 2.31. The molecule has 2 aliphatic rings. The number of esters is 1. The molecule has 1 N–H and O–H groups in total. The Labute approximate surface area is 109 Å². The van der Waals surface area contributed by atoms with Gasteiger partial charge in [-0.3, -0.25) is 5.32 Å². The molecule has 1 saturated heterocycles. The van der Waals surface area contributed by atoms with Gasteiger partial charge in [-0.15, -0.1) is 0 Å². The molecule has 1 aliphatic carbocycles. The summed E-state index contributed by atoms with van der Waals surface area (Å²) in [7, 11) is 0. The molecule has 0 amide bonds. The highest BCUT2D eigenvalue weighted by Gasteiger charge is 2.63. The van der Waals surface area contributed by atoms with Crippen molar-refractivity contribution in [2.45, 2.75) is 76.7 Å². The van der Waals surface area contributed by atoms with E-state index in [-0.39, 0.29) is 11.6 Å². The lowest BCUT2D eigenvalue weighted by atomic mass is 9.78. The van der Waals surface area contributed by atoms with Gasteiger partial charge in [-0.2, -0.15) is 0 Å². The molecule has 104 valence electrons. The summed E-state index contributed by atoms with van der Waals surface area (Å²) in [4.78, 5) is 12.5. The van der Waals surface area contributed by atoms with E-state index in [1.165, 1.54) is 0 Å². The van der Waals surface area contributed by atoms with Crippen LogP contribution in [0.3, 0.4) is 0 Å². The summed E-state index contributed by atoms with van der Waals surface area (Å²) in [5, 5.41) is 3.50. The lowest BCUT2D eigenvalue weighted by molar-refractivity contribution is -0.160. The van der Waals surface area contributed by atoms with Gasteiger partial charge in [0.25, 0.3) is 0 Å². The van der Waals surface area contributed by atoms with Crippen LogP contribution in [0.2, 0.25) is 0 Å². The van der Waals surface area contributed by atoms with Crippen molar-refractivity contribution < 1.29 is 14.3 Å². The molecule has 1 atom stereocenters. The molecule has 1 aliphatic heterocycles. The van der Waals surface area contributed by atoms with E-state index in [1.807, 2.05) is 34.6 Å². The number of carbonyl (C=O) groups excluding carboxylic acids is 1. The third kappa shape index (κ3) is 2.28. The van der Waals surface area contributed by atoms with E-state index < -0.39 is 11.1 Å². The average Bonchev–Trinajstić information content (AvgIpc) is 2.94. The molecule has 2 rings (SSSR count). The Morgan fingerprint density at radius 2 is 1.94 bits per heavy atom. The third-order valence-electron chi connectivity index (χ3n) is 3.90. The van der Waals surface area contributed by atoms with Crippen molar-refractivity contribution >= 4 is 5.97 Å². The fraction of sp³-hybridized carbons (Fsp3) is 0.929. The van der Waals surface area contributed by atoms with Crippen LogP contribution in [0.1, 0.15) is 53.9 Å². The molecular weight excluding hydrogens is 230 g/mol. The highest BCUT2D eigenvalue weighted by Crippen LogP contribution is 2.47. The lowest BCUT2D eigenvalue weighted by Gasteiger charge is -2.38. The second kappa shape index (κ2) is 4.20. The van der Waals surface area contributed by atoms with Crippen molar-refractivity contribution in [3.8, 4) is 0 Å². The van der Waals surface area contributed by atoms with E-state index in [2.05, 4.69) is 5.32 Å². The number of hydrogen-bond acceptors (Lipinski definition) is 4. The Morgan fingerprint density at radius 1 is 1.33 bits per heavy atom. The minimum absolute atomic E-state index is 0.174. The van der Waals surface area contributed by atoms with Gasteiger partial charge < -0.3 is 9.47 Å². The van der Waals surface area contributed by atoms with Gasteiger partial charge in [0.15, 0.2) is 0 Å². The lowest BCUT2D eigenvalue weighted by Crippen LogP contribution is -2.63. The molecule has 18 heavy (non-hydrogen) atoms. The van der Waals surface area contributed by atoms with Crippen molar-refractivity contribution in [3.05, 3.63) is 0 Å². The first-order valence-corrected chi connectivity index (χ1v) is 6.87. The first kappa shape index (κ1) is 13.8. The minimum Gasteiger partial charge on any atom is -0.465 e. The topological polar surface area (TPSA) is 47.6 Å². The molecule has 0 radical (unpaired) electrons. The molecule has 4 nitrogen and oxygen atoms in total. The van der Waals surface area contributed by atoms with Crippen LogP contribution in [-0.4, -0.2) is 35.4 Å². The average molecular weight is 255 g/mol. The summed E-state index contributed by atoms with van der Waals surface area (Å²) < 4.78 is 11.4. The largest absolute Gasteiger partial charge is 0.465 e. The minimum atomic E-state index is -0.715. The quantitative estimate of drug-likeness (QED) is 0.781. The van der Waals surface area contributed by atoms with Crippen LogP contribution < -0.4 is 5.32 Å². The standard InChI is InChI=1S/C14H25NO3/c1-6-17-11(16)14(15-10-7-8-10)9-12(2,3)18-13(14,4)5/h10,15H,6-9H2,1-5H3. The first-order chi connectivity index (χ1) is 8.22. The summed E-state index contributed by atoms with van der Waals surface area (Å²) in [6.07, 6.45) is 2.93. The normalized spacial score (nSPS) is 33.4. The second-order valence-corrected chi connectivity index (χ2v) is 6.59. The van der Waals surface area contributed by atoms with Crippen LogP contribution in [0.15, 0.2) is 0 Å². The molecular formula is C14H25NO3. The Hall–Kier alpha value is -0.610. The molecule has 1 unspecified atom stereocenters. The molecule has 0 aromatic carbocycles. The second-order valence-electron chi connectivity index (χ2n) is 6.59. The SMILES string of the molecule is CCOC(=O)C1(NC2CC2)CC(C)(C)OC1(C)C. The van der Waals surface area contributed by atoms with Crippen LogP contribution in [0.4, 0.5) is 0 Å². The van der Waals surface area contributed by atoms with Crippen molar-refractivity contribution in [2.75, 3.05) is 6.61 Å². The van der Waals surface area contributed by atoms with Gasteiger partial charge in [-0.05, 0) is 47.5 Å². The van der Waals surface area contributed by atoms with Gasteiger partial charge in [0.1, 0.15) is 5.54 Å². The zero-order valence-corrected chi connectivity index (χ0v) is 12.1. The van der Waals surface area contributed by atoms with Crippen LogP contribution >= 0.6 is 0 Å². The van der Waals surface area contributed by atoms with E-state index in [9.17, 15) is 4.79 Å². The smallest absolute Gasteiger partial charge is 0.329 e. The molecule has 0 bridgehead atoms. The van der Waals surface area contributed by atoms with Crippen molar-refractivity contribution in [2.24, 2.45) is 0 Å². The van der Waals surface area contributed by atoms with Crippen LogP contribution in [0.5, 0.6) is 0 Å². The predicted molar refractivity (Wildman–Crippen MR) is 69.4 cm³/mol. The first-order valence-electron chi connectivity index (χ1n) is 6.87. The maximum Gasteiger partial charge on any atom is 0.329 e. The van der Waals surface area contributed by atoms with Crippen LogP contribution in [0, 0.1) is 0 Å². The van der Waals surface area contributed by atoms with Gasteiger partial charge in [-0.1, -0.05) is 0 Å². The van der Waals surface area contributed by atoms with Gasteiger partial charge in [-0.25, -0.2) is 4.79 Å². The summed E-state index contributed by atoms with van der Waals surface area (Å²) in [5.74, 6) is -0.174. The molecule has 4 heteroatoms. The zero-order chi connectivity index (χ0) is 13.6. The number of carbonyl (C=O) groups is 1. The van der Waals surface area contributed by atoms with E-state index in [4.69, 9.17) is 9.47 Å². The summed E-state index contributed by atoms with van der Waals surface area (Å²) >= 11 is 0. The molecule has 1 saturated carbocycles. The highest BCUT2D eigenvalue weighted by molar-refractivity contribution is 5.83. The van der Waals surface area contributed by atoms with E-state index in [1.54, 1.807) is 0 Å². The van der Waals surface area contributed by atoms with Crippen molar-refractivity contribution in [1.29, 1.82) is 0 Å². The zero-order valence-electron chi connectivity index (χ0n) is 12.1. The Bertz CT molecular complexity index is 347. The number of rotatable bonds is 4. The number of nitrogens with one attached hydrogen (secondary N) is 1. The molecule has 2 fully saturated rings. The van der Waals surface area contributed by atoms with E-state index >= 15 is 0 Å². The van der Waals surface area contributed by atoms with Gasteiger partial charge in [0.2, 0.25) is 0 Å². The molecule has 1 heterocycles. The monoisotopic (exact) mass is 255 g/mol. The molecule has 0 aromatic heterocycles. The maximum atomic E-state index is 12.5. The molecule has 0 aromatic rings. The summed E-state index contributed by atoms with van der Waals surface area (Å²) in [6, 6.07) is 0.436. The Morgan fingerprint density at radius 3 is 2.33 bits per heavy atom. The number of ether oxygens (including phenoxy) is 2. The van der Waals surface area contributed by atoms with E-state index in [0.29, 0.717) is 19.1 Å². The fourth-order valence-corrected chi connectivity index (χ4v) is 3.10. The predicted octanol–water partition coefficient (Wildman–Crippen LogP) is 2.02. The molecule has 0 spiro atoms. The fourth-order valence-electron chi connectivity index (χ4n) is 3.10. The van der Waals surface area contributed by atoms with Gasteiger partial charge in [0, 0.05) is 12.5 Å². The van der Waals surface area contributed by atoms with Gasteiger partial charge in [0.05, 0.1) is 17.8 Å². The van der Waals surface area contributed by atoms with Crippen molar-refractivity contribution in [1.82, 2.24) is 5.32 Å². The van der Waals surface area contributed by atoms with Crippen LogP contribution in [0.25, 0.3) is 0 Å². The Kier molecular flexibility index (Phi) is 3.23. The van der Waals surface area contributed by atoms with Gasteiger partial charge >= 0.3 is 5.97 Å². The highest BCUT2D eigenvalue weighted by atomic mass is 16.6. The summed E-state index contributed by atoms with van der Waals surface area (Å²) in [5.41, 5.74) is -1.57.